The van der Waals surface area contributed by atoms with Gasteiger partial charge in [0.15, 0.2) is 0 Å². The van der Waals surface area contributed by atoms with Crippen molar-refractivity contribution < 1.29 is 4.74 Å². The van der Waals surface area contributed by atoms with Gasteiger partial charge in [0.1, 0.15) is 23.2 Å². The first kappa shape index (κ1) is 13.8. The van der Waals surface area contributed by atoms with Crippen molar-refractivity contribution in [2.75, 3.05) is 6.61 Å². The minimum Gasteiger partial charge on any atom is -0.494 e. The molecule has 0 fully saturated rings. The molecule has 0 N–H and O–H groups in total. The number of hydrogen-bond acceptors (Lipinski definition) is 5. The highest BCUT2D eigenvalue weighted by molar-refractivity contribution is 5.57. The van der Waals surface area contributed by atoms with Gasteiger partial charge in [-0.3, -0.25) is 0 Å². The summed E-state index contributed by atoms with van der Waals surface area (Å²) in [6, 6.07) is 13.1. The van der Waals surface area contributed by atoms with E-state index in [0.717, 1.165) is 17.0 Å². The SMILES string of the molecule is CCOc1ccc(-n2cc(-c3ccc(C#N)nc3)nn2)cc1. The first-order valence-corrected chi connectivity index (χ1v) is 6.82. The molecule has 0 amide bonds. The van der Waals surface area contributed by atoms with Gasteiger partial charge in [0.2, 0.25) is 0 Å². The highest BCUT2D eigenvalue weighted by atomic mass is 16.5. The third kappa shape index (κ3) is 2.79. The number of nitriles is 1. The van der Waals surface area contributed by atoms with Crippen molar-refractivity contribution in [2.24, 2.45) is 0 Å². The summed E-state index contributed by atoms with van der Waals surface area (Å²) in [5.41, 5.74) is 2.79. The molecule has 108 valence electrons. The Kier molecular flexibility index (Phi) is 3.79. The Morgan fingerprint density at radius 3 is 2.64 bits per heavy atom. The fourth-order valence-electron chi connectivity index (χ4n) is 2.00. The van der Waals surface area contributed by atoms with Gasteiger partial charge in [-0.05, 0) is 43.3 Å². The second-order valence-electron chi connectivity index (χ2n) is 4.52. The molecule has 0 saturated heterocycles. The molecule has 0 spiro atoms. The normalized spacial score (nSPS) is 10.2. The van der Waals surface area contributed by atoms with Crippen LogP contribution in [0.3, 0.4) is 0 Å². The lowest BCUT2D eigenvalue weighted by molar-refractivity contribution is 0.340. The number of nitrogens with zero attached hydrogens (tertiary/aromatic N) is 5. The number of ether oxygens (including phenoxy) is 1. The topological polar surface area (TPSA) is 76.6 Å². The van der Waals surface area contributed by atoms with Gasteiger partial charge in [-0.25, -0.2) is 9.67 Å². The molecule has 3 aromatic rings. The van der Waals surface area contributed by atoms with E-state index in [1.54, 1.807) is 23.0 Å². The summed E-state index contributed by atoms with van der Waals surface area (Å²) >= 11 is 0. The molecule has 0 aliphatic heterocycles. The standard InChI is InChI=1S/C16H13N5O/c1-2-22-15-7-5-14(6-8-15)21-11-16(19-20-21)12-3-4-13(9-17)18-10-12/h3-8,10-11H,2H2,1H3. The Bertz CT molecular complexity index is 800. The zero-order valence-corrected chi connectivity index (χ0v) is 12.0. The van der Waals surface area contributed by atoms with Gasteiger partial charge in [-0.2, -0.15) is 5.26 Å². The summed E-state index contributed by atoms with van der Waals surface area (Å²) in [6.45, 7) is 2.59. The summed E-state index contributed by atoms with van der Waals surface area (Å²) in [7, 11) is 0. The van der Waals surface area contributed by atoms with Crippen molar-refractivity contribution in [3.8, 4) is 28.8 Å². The van der Waals surface area contributed by atoms with Crippen molar-refractivity contribution in [3.05, 3.63) is 54.5 Å². The van der Waals surface area contributed by atoms with Crippen LogP contribution in [-0.4, -0.2) is 26.6 Å². The van der Waals surface area contributed by atoms with Crippen LogP contribution in [0.2, 0.25) is 0 Å². The van der Waals surface area contributed by atoms with Crippen LogP contribution in [0, 0.1) is 11.3 Å². The molecule has 0 atom stereocenters. The number of hydrogen-bond donors (Lipinski definition) is 0. The molecule has 2 aromatic heterocycles. The van der Waals surface area contributed by atoms with Gasteiger partial charge in [-0.1, -0.05) is 5.21 Å². The van der Waals surface area contributed by atoms with E-state index in [-0.39, 0.29) is 0 Å². The monoisotopic (exact) mass is 291 g/mol. The molecule has 0 bridgehead atoms. The smallest absolute Gasteiger partial charge is 0.140 e. The van der Waals surface area contributed by atoms with E-state index >= 15 is 0 Å². The van der Waals surface area contributed by atoms with Gasteiger partial charge < -0.3 is 4.74 Å². The van der Waals surface area contributed by atoms with Gasteiger partial charge in [0, 0.05) is 11.8 Å². The second kappa shape index (κ2) is 6.06. The molecule has 0 aliphatic carbocycles. The van der Waals surface area contributed by atoms with Crippen LogP contribution in [-0.2, 0) is 0 Å². The first-order valence-electron chi connectivity index (χ1n) is 6.82. The zero-order chi connectivity index (χ0) is 15.4. The van der Waals surface area contributed by atoms with Crippen molar-refractivity contribution >= 4 is 0 Å². The van der Waals surface area contributed by atoms with Crippen LogP contribution < -0.4 is 4.74 Å². The van der Waals surface area contributed by atoms with Gasteiger partial charge >= 0.3 is 0 Å². The number of pyridine rings is 1. The third-order valence-electron chi connectivity index (χ3n) is 3.08. The van der Waals surface area contributed by atoms with Crippen molar-refractivity contribution in [3.63, 3.8) is 0 Å². The average Bonchev–Trinajstić information content (AvgIpc) is 3.06. The maximum absolute atomic E-state index is 8.76. The Morgan fingerprint density at radius 1 is 1.18 bits per heavy atom. The fraction of sp³-hybridized carbons (Fsp3) is 0.125. The maximum Gasteiger partial charge on any atom is 0.140 e. The summed E-state index contributed by atoms with van der Waals surface area (Å²) in [5.74, 6) is 0.822. The van der Waals surface area contributed by atoms with E-state index in [4.69, 9.17) is 10.00 Å². The summed E-state index contributed by atoms with van der Waals surface area (Å²) in [4.78, 5) is 4.03. The third-order valence-corrected chi connectivity index (χ3v) is 3.08. The van der Waals surface area contributed by atoms with Crippen LogP contribution in [0.25, 0.3) is 16.9 Å². The van der Waals surface area contributed by atoms with Crippen LogP contribution in [0.4, 0.5) is 0 Å². The van der Waals surface area contributed by atoms with Crippen LogP contribution in [0.5, 0.6) is 5.75 Å². The van der Waals surface area contributed by atoms with E-state index < -0.39 is 0 Å². The van der Waals surface area contributed by atoms with E-state index in [1.807, 2.05) is 43.5 Å². The summed E-state index contributed by atoms with van der Waals surface area (Å²) < 4.78 is 7.10. The predicted molar refractivity (Wildman–Crippen MR) is 80.5 cm³/mol. The molecule has 1 aromatic carbocycles. The highest BCUT2D eigenvalue weighted by Crippen LogP contribution is 2.19. The molecule has 6 nitrogen and oxygen atoms in total. The zero-order valence-electron chi connectivity index (χ0n) is 12.0. The predicted octanol–water partition coefficient (Wildman–Crippen LogP) is 2.60. The van der Waals surface area contributed by atoms with E-state index in [2.05, 4.69) is 15.3 Å². The quantitative estimate of drug-likeness (QED) is 0.738. The Hall–Kier alpha value is -3.20. The van der Waals surface area contributed by atoms with E-state index in [9.17, 15) is 0 Å². The molecule has 0 saturated carbocycles. The molecule has 6 heteroatoms. The Morgan fingerprint density at radius 2 is 2.00 bits per heavy atom. The van der Waals surface area contributed by atoms with Crippen LogP contribution in [0.1, 0.15) is 12.6 Å². The van der Waals surface area contributed by atoms with Crippen LogP contribution >= 0.6 is 0 Å². The van der Waals surface area contributed by atoms with Crippen molar-refractivity contribution in [1.82, 2.24) is 20.0 Å². The Labute approximate surface area is 127 Å². The van der Waals surface area contributed by atoms with Crippen LogP contribution in [0.15, 0.2) is 48.8 Å². The first-order chi connectivity index (χ1) is 10.8. The molecule has 22 heavy (non-hydrogen) atoms. The fourth-order valence-corrected chi connectivity index (χ4v) is 2.00. The highest BCUT2D eigenvalue weighted by Gasteiger charge is 2.06. The largest absolute Gasteiger partial charge is 0.494 e. The number of benzene rings is 1. The van der Waals surface area contributed by atoms with Crippen molar-refractivity contribution in [2.45, 2.75) is 6.92 Å². The summed E-state index contributed by atoms with van der Waals surface area (Å²) in [6.07, 6.45) is 3.43. The van der Waals surface area contributed by atoms with Gasteiger partial charge in [0.05, 0.1) is 18.5 Å². The van der Waals surface area contributed by atoms with Gasteiger partial charge in [-0.15, -0.1) is 5.10 Å². The summed E-state index contributed by atoms with van der Waals surface area (Å²) in [5, 5.41) is 17.0. The molecular formula is C16H13N5O. The lowest BCUT2D eigenvalue weighted by Gasteiger charge is -2.04. The average molecular weight is 291 g/mol. The van der Waals surface area contributed by atoms with E-state index in [0.29, 0.717) is 18.0 Å². The number of aromatic nitrogens is 4. The van der Waals surface area contributed by atoms with Gasteiger partial charge in [0.25, 0.3) is 0 Å². The molecular weight excluding hydrogens is 278 g/mol. The minimum absolute atomic E-state index is 0.377. The Balaban J connectivity index is 1.85. The molecule has 0 aliphatic rings. The molecule has 0 radical (unpaired) electrons. The lowest BCUT2D eigenvalue weighted by Crippen LogP contribution is -1.96. The molecule has 0 unspecified atom stereocenters. The number of rotatable bonds is 4. The minimum atomic E-state index is 0.377. The van der Waals surface area contributed by atoms with Crippen molar-refractivity contribution in [1.29, 1.82) is 5.26 Å². The van der Waals surface area contributed by atoms with E-state index in [1.165, 1.54) is 0 Å². The molecule has 2 heterocycles. The molecule has 3 rings (SSSR count). The maximum atomic E-state index is 8.76. The second-order valence-corrected chi connectivity index (χ2v) is 4.52. The lowest BCUT2D eigenvalue weighted by atomic mass is 10.2.